The van der Waals surface area contributed by atoms with Gasteiger partial charge in [0.15, 0.2) is 0 Å². The first kappa shape index (κ1) is 15.2. The van der Waals surface area contributed by atoms with Crippen LogP contribution in [0.25, 0.3) is 11.1 Å². The number of rotatable bonds is 3. The third kappa shape index (κ3) is 2.57. The highest BCUT2D eigenvalue weighted by Gasteiger charge is 2.24. The van der Waals surface area contributed by atoms with Crippen LogP contribution in [0.1, 0.15) is 16.7 Å². The van der Waals surface area contributed by atoms with E-state index in [-0.39, 0.29) is 11.5 Å². The molecule has 0 aromatic heterocycles. The molecule has 0 aliphatic heterocycles. The molecule has 0 radical (unpaired) electrons. The highest BCUT2D eigenvalue weighted by Crippen LogP contribution is 2.30. The van der Waals surface area contributed by atoms with Gasteiger partial charge in [-0.05, 0) is 67.3 Å². The third-order valence-electron chi connectivity index (χ3n) is 4.13. The highest BCUT2D eigenvalue weighted by atomic mass is 19.1. The number of hydrogen-bond acceptors (Lipinski definition) is 3. The fraction of sp³-hybridized carbons (Fsp3) is 0.158. The van der Waals surface area contributed by atoms with Crippen molar-refractivity contribution < 1.29 is 4.39 Å². The summed E-state index contributed by atoms with van der Waals surface area (Å²) in [5.41, 5.74) is 4.13. The second kappa shape index (κ2) is 5.47. The molecule has 0 aliphatic rings. The first-order chi connectivity index (χ1) is 10.9. The standard InChI is InChI=1S/C19H16FNO2/c1-10-8-12(3)15(9-11(10)2)16-17(19(23)18(16)22)21-14-6-4-13(20)5-7-14/h4-9,21H,1-3H3. The van der Waals surface area contributed by atoms with Gasteiger partial charge in [0.05, 0.1) is 5.56 Å². The van der Waals surface area contributed by atoms with Crippen molar-refractivity contribution in [1.29, 1.82) is 0 Å². The lowest BCUT2D eigenvalue weighted by Crippen LogP contribution is -2.35. The fourth-order valence-corrected chi connectivity index (χ4v) is 2.68. The summed E-state index contributed by atoms with van der Waals surface area (Å²) in [6.07, 6.45) is 0. The van der Waals surface area contributed by atoms with Gasteiger partial charge in [-0.15, -0.1) is 0 Å². The fourth-order valence-electron chi connectivity index (χ4n) is 2.68. The van der Waals surface area contributed by atoms with Crippen LogP contribution in [0.2, 0.25) is 0 Å². The van der Waals surface area contributed by atoms with Crippen LogP contribution in [0.15, 0.2) is 46.0 Å². The summed E-state index contributed by atoms with van der Waals surface area (Å²) in [5, 5.41) is 2.94. The molecule has 0 aliphatic carbocycles. The average Bonchev–Trinajstić information content (AvgIpc) is 2.53. The molecule has 3 aromatic carbocycles. The SMILES string of the molecule is Cc1cc(C)c(-c2c(Nc3ccc(F)cc3)c(=O)c2=O)cc1C. The van der Waals surface area contributed by atoms with Crippen molar-refractivity contribution in [2.75, 3.05) is 5.32 Å². The summed E-state index contributed by atoms with van der Waals surface area (Å²) in [6.45, 7) is 5.89. The maximum Gasteiger partial charge on any atom is 0.250 e. The Morgan fingerprint density at radius 2 is 1.43 bits per heavy atom. The monoisotopic (exact) mass is 309 g/mol. The van der Waals surface area contributed by atoms with Gasteiger partial charge in [-0.3, -0.25) is 9.59 Å². The summed E-state index contributed by atoms with van der Waals surface area (Å²) in [4.78, 5) is 24.0. The van der Waals surface area contributed by atoms with E-state index in [0.29, 0.717) is 11.3 Å². The first-order valence-electron chi connectivity index (χ1n) is 7.32. The number of nitrogens with one attached hydrogen (secondary N) is 1. The minimum absolute atomic E-state index is 0.271. The molecule has 0 saturated heterocycles. The Kier molecular flexibility index (Phi) is 3.60. The van der Waals surface area contributed by atoms with Crippen molar-refractivity contribution >= 4 is 11.4 Å². The summed E-state index contributed by atoms with van der Waals surface area (Å²) < 4.78 is 13.0. The van der Waals surface area contributed by atoms with E-state index in [1.165, 1.54) is 24.3 Å². The van der Waals surface area contributed by atoms with Crippen LogP contribution in [0.3, 0.4) is 0 Å². The molecule has 3 nitrogen and oxygen atoms in total. The van der Waals surface area contributed by atoms with E-state index in [9.17, 15) is 14.0 Å². The Bertz CT molecular complexity index is 964. The predicted octanol–water partition coefficient (Wildman–Crippen LogP) is 3.76. The van der Waals surface area contributed by atoms with E-state index in [1.807, 2.05) is 32.9 Å². The number of benzene rings is 2. The molecule has 0 unspecified atom stereocenters. The number of aryl methyl sites for hydroxylation is 3. The predicted molar refractivity (Wildman–Crippen MR) is 90.7 cm³/mol. The van der Waals surface area contributed by atoms with E-state index >= 15 is 0 Å². The zero-order chi connectivity index (χ0) is 16.7. The molecule has 0 amide bonds. The van der Waals surface area contributed by atoms with Gasteiger partial charge >= 0.3 is 0 Å². The topological polar surface area (TPSA) is 46.2 Å². The molecule has 0 bridgehead atoms. The van der Waals surface area contributed by atoms with E-state index in [0.717, 1.165) is 22.3 Å². The summed E-state index contributed by atoms with van der Waals surface area (Å²) in [5.74, 6) is -0.356. The Balaban J connectivity index is 2.07. The number of hydrogen-bond donors (Lipinski definition) is 1. The number of anilines is 2. The molecule has 0 atom stereocenters. The molecule has 23 heavy (non-hydrogen) atoms. The molecule has 1 N–H and O–H groups in total. The summed E-state index contributed by atoms with van der Waals surface area (Å²) >= 11 is 0. The second-order valence-corrected chi connectivity index (χ2v) is 5.79. The first-order valence-corrected chi connectivity index (χ1v) is 7.32. The van der Waals surface area contributed by atoms with Crippen LogP contribution >= 0.6 is 0 Å². The molecule has 0 spiro atoms. The van der Waals surface area contributed by atoms with Gasteiger partial charge in [-0.1, -0.05) is 12.1 Å². The van der Waals surface area contributed by atoms with Crippen LogP contribution in [-0.2, 0) is 0 Å². The molecule has 4 heteroatoms. The maximum absolute atomic E-state index is 13.0. The van der Waals surface area contributed by atoms with Crippen molar-refractivity contribution in [3.8, 4) is 11.1 Å². The van der Waals surface area contributed by atoms with E-state index in [1.54, 1.807) is 0 Å². The Hall–Kier alpha value is -2.75. The van der Waals surface area contributed by atoms with Crippen molar-refractivity contribution in [2.24, 2.45) is 0 Å². The van der Waals surface area contributed by atoms with Crippen molar-refractivity contribution in [3.63, 3.8) is 0 Å². The van der Waals surface area contributed by atoms with Crippen LogP contribution in [0.5, 0.6) is 0 Å². The van der Waals surface area contributed by atoms with E-state index in [4.69, 9.17) is 0 Å². The van der Waals surface area contributed by atoms with Crippen molar-refractivity contribution in [1.82, 2.24) is 0 Å². The summed E-state index contributed by atoms with van der Waals surface area (Å²) in [7, 11) is 0. The van der Waals surface area contributed by atoms with Crippen LogP contribution in [0.4, 0.5) is 15.8 Å². The average molecular weight is 309 g/mol. The zero-order valence-electron chi connectivity index (χ0n) is 13.2. The normalized spacial score (nSPS) is 11.0. The Labute approximate surface area is 133 Å². The molecule has 3 rings (SSSR count). The highest BCUT2D eigenvalue weighted by molar-refractivity contribution is 5.86. The largest absolute Gasteiger partial charge is 0.352 e. The smallest absolute Gasteiger partial charge is 0.250 e. The van der Waals surface area contributed by atoms with Gasteiger partial charge < -0.3 is 5.32 Å². The molecular weight excluding hydrogens is 293 g/mol. The molecule has 0 saturated carbocycles. The molecule has 3 aromatic rings. The molecule has 0 fully saturated rings. The minimum Gasteiger partial charge on any atom is -0.352 e. The van der Waals surface area contributed by atoms with Gasteiger partial charge in [0.2, 0.25) is 5.43 Å². The van der Waals surface area contributed by atoms with Crippen LogP contribution in [0, 0.1) is 26.6 Å². The minimum atomic E-state index is -0.540. The Morgan fingerprint density at radius 3 is 2.09 bits per heavy atom. The van der Waals surface area contributed by atoms with Gasteiger partial charge in [0.25, 0.3) is 5.43 Å². The van der Waals surface area contributed by atoms with Gasteiger partial charge in [0, 0.05) is 5.69 Å². The maximum atomic E-state index is 13.0. The summed E-state index contributed by atoms with van der Waals surface area (Å²) in [6, 6.07) is 9.59. The lowest BCUT2D eigenvalue weighted by atomic mass is 9.91. The number of halogens is 1. The van der Waals surface area contributed by atoms with Crippen LogP contribution < -0.4 is 16.2 Å². The Morgan fingerprint density at radius 1 is 0.826 bits per heavy atom. The third-order valence-corrected chi connectivity index (χ3v) is 4.13. The molecule has 0 heterocycles. The quantitative estimate of drug-likeness (QED) is 0.749. The van der Waals surface area contributed by atoms with Crippen molar-refractivity contribution in [3.05, 3.63) is 79.4 Å². The lowest BCUT2D eigenvalue weighted by Gasteiger charge is -2.16. The van der Waals surface area contributed by atoms with E-state index < -0.39 is 10.9 Å². The molecular formula is C19H16FNO2. The van der Waals surface area contributed by atoms with E-state index in [2.05, 4.69) is 5.32 Å². The van der Waals surface area contributed by atoms with Crippen molar-refractivity contribution in [2.45, 2.75) is 20.8 Å². The zero-order valence-corrected chi connectivity index (χ0v) is 13.2. The molecule has 116 valence electrons. The van der Waals surface area contributed by atoms with Gasteiger partial charge in [-0.2, -0.15) is 0 Å². The van der Waals surface area contributed by atoms with Crippen LogP contribution in [-0.4, -0.2) is 0 Å². The lowest BCUT2D eigenvalue weighted by molar-refractivity contribution is 0.628. The van der Waals surface area contributed by atoms with Gasteiger partial charge in [0.1, 0.15) is 11.5 Å². The van der Waals surface area contributed by atoms with Gasteiger partial charge in [-0.25, -0.2) is 4.39 Å². The second-order valence-electron chi connectivity index (χ2n) is 5.79.